The summed E-state index contributed by atoms with van der Waals surface area (Å²) >= 11 is 0. The predicted molar refractivity (Wildman–Crippen MR) is 125 cm³/mol. The Morgan fingerprint density at radius 3 is 2.12 bits per heavy atom. The predicted octanol–water partition coefficient (Wildman–Crippen LogP) is 4.41. The highest BCUT2D eigenvalue weighted by Crippen LogP contribution is 2.41. The van der Waals surface area contributed by atoms with Crippen molar-refractivity contribution in [2.45, 2.75) is 32.2 Å². The van der Waals surface area contributed by atoms with Crippen molar-refractivity contribution in [3.8, 4) is 5.75 Å². The zero-order valence-electron chi connectivity index (χ0n) is 18.9. The molecular weight excluding hydrogens is 418 g/mol. The van der Waals surface area contributed by atoms with Crippen LogP contribution in [0, 0.1) is 0 Å². The molecule has 0 aliphatic carbocycles. The van der Waals surface area contributed by atoms with Crippen molar-refractivity contribution in [1.29, 1.82) is 0 Å². The summed E-state index contributed by atoms with van der Waals surface area (Å²) in [5, 5.41) is 11.2. The molecular formula is C26H25N3O4. The van der Waals surface area contributed by atoms with Crippen LogP contribution in [0.15, 0.2) is 72.6 Å². The first-order valence-corrected chi connectivity index (χ1v) is 10.6. The van der Waals surface area contributed by atoms with E-state index in [-0.39, 0.29) is 22.7 Å². The van der Waals surface area contributed by atoms with Gasteiger partial charge in [0.25, 0.3) is 5.78 Å². The lowest BCUT2D eigenvalue weighted by atomic mass is 9.85. The summed E-state index contributed by atoms with van der Waals surface area (Å²) in [6.45, 7) is 6.32. The first kappa shape index (κ1) is 22.2. The average molecular weight is 444 g/mol. The molecule has 0 spiro atoms. The summed E-state index contributed by atoms with van der Waals surface area (Å²) in [4.78, 5) is 35.9. The van der Waals surface area contributed by atoms with Crippen molar-refractivity contribution in [1.82, 2.24) is 9.97 Å². The van der Waals surface area contributed by atoms with E-state index in [0.29, 0.717) is 16.9 Å². The Bertz CT molecular complexity index is 1210. The highest BCUT2D eigenvalue weighted by Gasteiger charge is 2.48. The number of Topliss-reactive ketones (excluding diaryl/α,β-unsaturated/α-hetero) is 1. The van der Waals surface area contributed by atoms with Crippen molar-refractivity contribution in [3.05, 3.63) is 89.3 Å². The van der Waals surface area contributed by atoms with E-state index in [2.05, 4.69) is 30.7 Å². The van der Waals surface area contributed by atoms with Crippen molar-refractivity contribution in [2.75, 3.05) is 12.0 Å². The number of rotatable bonds is 4. The maximum atomic E-state index is 13.1. The fourth-order valence-corrected chi connectivity index (χ4v) is 3.84. The average Bonchev–Trinajstić information content (AvgIpc) is 3.09. The Balaban J connectivity index is 1.90. The number of benzene rings is 2. The van der Waals surface area contributed by atoms with Crippen LogP contribution < -0.4 is 9.64 Å². The summed E-state index contributed by atoms with van der Waals surface area (Å²) in [7, 11) is 1.54. The molecule has 1 aliphatic heterocycles. The monoisotopic (exact) mass is 443 g/mol. The molecule has 0 radical (unpaired) electrons. The van der Waals surface area contributed by atoms with E-state index in [1.54, 1.807) is 37.4 Å². The fourth-order valence-electron chi connectivity index (χ4n) is 3.84. The van der Waals surface area contributed by atoms with Crippen LogP contribution in [-0.4, -0.2) is 33.9 Å². The summed E-state index contributed by atoms with van der Waals surface area (Å²) in [5.41, 5.74) is 2.10. The smallest absolute Gasteiger partial charge is 0.302 e. The van der Waals surface area contributed by atoms with E-state index in [9.17, 15) is 14.7 Å². The lowest BCUT2D eigenvalue weighted by molar-refractivity contribution is -0.132. The molecule has 0 saturated carbocycles. The number of ether oxygens (including phenoxy) is 1. The first-order valence-electron chi connectivity index (χ1n) is 10.6. The number of aliphatic hydroxyl groups excluding tert-OH is 1. The molecule has 2 heterocycles. The van der Waals surface area contributed by atoms with Gasteiger partial charge in [-0.15, -0.1) is 0 Å². The number of aromatic nitrogens is 2. The number of ketones is 1. The highest BCUT2D eigenvalue weighted by atomic mass is 16.5. The van der Waals surface area contributed by atoms with Gasteiger partial charge in [0.1, 0.15) is 11.5 Å². The van der Waals surface area contributed by atoms with Gasteiger partial charge in [0, 0.05) is 18.0 Å². The fraction of sp³-hybridized carbons (Fsp3) is 0.231. The van der Waals surface area contributed by atoms with Crippen LogP contribution in [0.1, 0.15) is 43.5 Å². The number of amides is 1. The van der Waals surface area contributed by atoms with Crippen LogP contribution in [0.5, 0.6) is 5.75 Å². The number of hydrogen-bond donors (Lipinski definition) is 1. The summed E-state index contributed by atoms with van der Waals surface area (Å²) < 4.78 is 5.17. The van der Waals surface area contributed by atoms with Crippen LogP contribution in [0.2, 0.25) is 0 Å². The molecule has 7 nitrogen and oxygen atoms in total. The molecule has 2 aromatic carbocycles. The van der Waals surface area contributed by atoms with E-state index < -0.39 is 17.7 Å². The van der Waals surface area contributed by atoms with E-state index in [0.717, 1.165) is 5.56 Å². The number of nitrogens with zero attached hydrogens (tertiary/aromatic N) is 3. The summed E-state index contributed by atoms with van der Waals surface area (Å²) in [6, 6.07) is 15.1. The van der Waals surface area contributed by atoms with Crippen LogP contribution in [0.25, 0.3) is 5.76 Å². The molecule has 0 unspecified atom stereocenters. The third-order valence-electron chi connectivity index (χ3n) is 5.67. The Kier molecular flexibility index (Phi) is 5.72. The number of hydrogen-bond acceptors (Lipinski definition) is 6. The summed E-state index contributed by atoms with van der Waals surface area (Å²) in [5.74, 6) is -1.14. The molecule has 0 bridgehead atoms. The van der Waals surface area contributed by atoms with Gasteiger partial charge in [0.2, 0.25) is 5.95 Å². The maximum absolute atomic E-state index is 13.1. The molecule has 1 N–H and O–H groups in total. The van der Waals surface area contributed by atoms with Crippen molar-refractivity contribution < 1.29 is 19.4 Å². The Hall–Kier alpha value is -4.00. The Labute approximate surface area is 192 Å². The van der Waals surface area contributed by atoms with Gasteiger partial charge < -0.3 is 9.84 Å². The molecule has 1 atom stereocenters. The quantitative estimate of drug-likeness (QED) is 0.365. The van der Waals surface area contributed by atoms with Gasteiger partial charge in [-0.05, 0) is 46.9 Å². The molecule has 4 rings (SSSR count). The van der Waals surface area contributed by atoms with Gasteiger partial charge in [-0.3, -0.25) is 14.5 Å². The number of carbonyl (C=O) groups excluding carboxylic acids is 2. The van der Waals surface area contributed by atoms with Gasteiger partial charge >= 0.3 is 5.91 Å². The van der Waals surface area contributed by atoms with Gasteiger partial charge in [-0.25, -0.2) is 9.97 Å². The van der Waals surface area contributed by atoms with E-state index >= 15 is 0 Å². The number of carbonyl (C=O) groups is 2. The molecule has 1 aliphatic rings. The SMILES string of the molecule is COc1ccc(C(O)=C2C(=O)C(=O)N(c3ncccn3)[C@@H]2c2ccc(C(C)(C)C)cc2)cc1. The van der Waals surface area contributed by atoms with Gasteiger partial charge in [0.15, 0.2) is 0 Å². The largest absolute Gasteiger partial charge is 0.507 e. The van der Waals surface area contributed by atoms with Crippen molar-refractivity contribution in [2.24, 2.45) is 0 Å². The van der Waals surface area contributed by atoms with Crippen LogP contribution in [0.4, 0.5) is 5.95 Å². The lowest BCUT2D eigenvalue weighted by Crippen LogP contribution is -2.31. The van der Waals surface area contributed by atoms with Crippen LogP contribution in [0.3, 0.4) is 0 Å². The van der Waals surface area contributed by atoms with Crippen molar-refractivity contribution >= 4 is 23.4 Å². The van der Waals surface area contributed by atoms with Gasteiger partial charge in [0.05, 0.1) is 18.7 Å². The molecule has 1 amide bonds. The molecule has 7 heteroatoms. The van der Waals surface area contributed by atoms with Gasteiger partial charge in [-0.2, -0.15) is 0 Å². The topological polar surface area (TPSA) is 92.6 Å². The van der Waals surface area contributed by atoms with Crippen molar-refractivity contribution in [3.63, 3.8) is 0 Å². The Morgan fingerprint density at radius 2 is 1.58 bits per heavy atom. The molecule has 33 heavy (non-hydrogen) atoms. The number of aliphatic hydroxyl groups is 1. The zero-order chi connectivity index (χ0) is 23.8. The minimum Gasteiger partial charge on any atom is -0.507 e. The van der Waals surface area contributed by atoms with Crippen LogP contribution in [-0.2, 0) is 15.0 Å². The maximum Gasteiger partial charge on any atom is 0.302 e. The molecule has 1 saturated heterocycles. The van der Waals surface area contributed by atoms with Crippen LogP contribution >= 0.6 is 0 Å². The third-order valence-corrected chi connectivity index (χ3v) is 5.67. The minimum absolute atomic E-state index is 0.0128. The lowest BCUT2D eigenvalue weighted by Gasteiger charge is -2.25. The van der Waals surface area contributed by atoms with Gasteiger partial charge in [-0.1, -0.05) is 45.0 Å². The zero-order valence-corrected chi connectivity index (χ0v) is 18.9. The standard InChI is InChI=1S/C26H25N3O4/c1-26(2,3)18-10-6-16(7-11-18)21-20(22(30)17-8-12-19(33-4)13-9-17)23(31)24(32)29(21)25-27-14-5-15-28-25/h5-15,21,30H,1-4H3/t21-/m1/s1. The number of anilines is 1. The summed E-state index contributed by atoms with van der Waals surface area (Å²) in [6.07, 6.45) is 3.01. The first-order chi connectivity index (χ1) is 15.7. The van der Waals surface area contributed by atoms with E-state index in [1.807, 2.05) is 24.3 Å². The second kappa shape index (κ2) is 8.50. The van der Waals surface area contributed by atoms with E-state index in [4.69, 9.17) is 4.74 Å². The second-order valence-electron chi connectivity index (χ2n) is 8.82. The second-order valence-corrected chi connectivity index (χ2v) is 8.82. The highest BCUT2D eigenvalue weighted by molar-refractivity contribution is 6.51. The molecule has 1 aromatic heterocycles. The van der Waals surface area contributed by atoms with E-state index in [1.165, 1.54) is 17.3 Å². The minimum atomic E-state index is -0.872. The Morgan fingerprint density at radius 1 is 0.970 bits per heavy atom. The molecule has 3 aromatic rings. The molecule has 168 valence electrons. The normalized spacial score (nSPS) is 17.9. The number of methoxy groups -OCH3 is 1. The molecule has 1 fully saturated rings. The third kappa shape index (κ3) is 4.09.